The fraction of sp³-hybridized carbons (Fsp3) is 0.625. The SMILES string of the molecule is CCCC(CCO)CNCC1CSc2ccccc21. The van der Waals surface area contributed by atoms with Crippen molar-refractivity contribution < 1.29 is 5.11 Å². The highest BCUT2D eigenvalue weighted by atomic mass is 32.2. The summed E-state index contributed by atoms with van der Waals surface area (Å²) in [7, 11) is 0. The topological polar surface area (TPSA) is 32.3 Å². The van der Waals surface area contributed by atoms with Crippen LogP contribution in [0.4, 0.5) is 0 Å². The lowest BCUT2D eigenvalue weighted by Crippen LogP contribution is -2.28. The Balaban J connectivity index is 1.77. The van der Waals surface area contributed by atoms with E-state index in [0.29, 0.717) is 18.4 Å². The molecule has 2 unspecified atom stereocenters. The van der Waals surface area contributed by atoms with Crippen molar-refractivity contribution >= 4 is 11.8 Å². The van der Waals surface area contributed by atoms with Gasteiger partial charge in [0.2, 0.25) is 0 Å². The standard InChI is InChI=1S/C16H25NOS/c1-2-5-13(8-9-18)10-17-11-14-12-19-16-7-4-3-6-15(14)16/h3-4,6-7,13-14,17-18H,2,5,8-12H2,1H3. The van der Waals surface area contributed by atoms with Gasteiger partial charge in [0.1, 0.15) is 0 Å². The van der Waals surface area contributed by atoms with Gasteiger partial charge in [-0.1, -0.05) is 31.5 Å². The number of aliphatic hydroxyl groups excluding tert-OH is 1. The Morgan fingerprint density at radius 2 is 2.21 bits per heavy atom. The first-order valence-electron chi connectivity index (χ1n) is 7.38. The average Bonchev–Trinajstić information content (AvgIpc) is 2.83. The van der Waals surface area contributed by atoms with Crippen LogP contribution in [0.2, 0.25) is 0 Å². The predicted molar refractivity (Wildman–Crippen MR) is 82.9 cm³/mol. The van der Waals surface area contributed by atoms with Crippen molar-refractivity contribution in [3.05, 3.63) is 29.8 Å². The molecule has 19 heavy (non-hydrogen) atoms. The lowest BCUT2D eigenvalue weighted by Gasteiger charge is -2.18. The lowest BCUT2D eigenvalue weighted by atomic mass is 9.98. The van der Waals surface area contributed by atoms with Gasteiger partial charge in [-0.25, -0.2) is 0 Å². The first-order chi connectivity index (χ1) is 9.35. The summed E-state index contributed by atoms with van der Waals surface area (Å²) in [5.74, 6) is 2.47. The molecule has 0 saturated heterocycles. The minimum absolute atomic E-state index is 0.314. The van der Waals surface area contributed by atoms with E-state index >= 15 is 0 Å². The molecule has 0 amide bonds. The summed E-state index contributed by atoms with van der Waals surface area (Å²) < 4.78 is 0. The van der Waals surface area contributed by atoms with Crippen molar-refractivity contribution in [3.8, 4) is 0 Å². The van der Waals surface area contributed by atoms with Crippen LogP contribution in [0.1, 0.15) is 37.7 Å². The van der Waals surface area contributed by atoms with Gasteiger partial charge in [0.15, 0.2) is 0 Å². The maximum atomic E-state index is 9.07. The number of fused-ring (bicyclic) bond motifs is 1. The lowest BCUT2D eigenvalue weighted by molar-refractivity contribution is 0.248. The molecule has 0 bridgehead atoms. The van der Waals surface area contributed by atoms with Crippen molar-refractivity contribution in [2.45, 2.75) is 37.0 Å². The summed E-state index contributed by atoms with van der Waals surface area (Å²) in [5, 5.41) is 12.7. The Morgan fingerprint density at radius 1 is 1.37 bits per heavy atom. The minimum atomic E-state index is 0.314. The van der Waals surface area contributed by atoms with Crippen LogP contribution in [0.3, 0.4) is 0 Å². The molecule has 0 aromatic heterocycles. The van der Waals surface area contributed by atoms with Gasteiger partial charge < -0.3 is 10.4 Å². The summed E-state index contributed by atoms with van der Waals surface area (Å²) in [4.78, 5) is 1.45. The molecule has 0 spiro atoms. The van der Waals surface area contributed by atoms with Crippen molar-refractivity contribution in [2.24, 2.45) is 5.92 Å². The molecule has 1 aromatic carbocycles. The van der Waals surface area contributed by atoms with E-state index in [1.165, 1.54) is 29.1 Å². The van der Waals surface area contributed by atoms with Crippen LogP contribution in [-0.2, 0) is 0 Å². The number of nitrogens with one attached hydrogen (secondary N) is 1. The smallest absolute Gasteiger partial charge is 0.0434 e. The summed E-state index contributed by atoms with van der Waals surface area (Å²) in [5.41, 5.74) is 1.51. The summed E-state index contributed by atoms with van der Waals surface area (Å²) in [6.45, 7) is 4.64. The first-order valence-corrected chi connectivity index (χ1v) is 8.37. The molecule has 1 aromatic rings. The van der Waals surface area contributed by atoms with E-state index in [4.69, 9.17) is 5.11 Å². The quantitative estimate of drug-likeness (QED) is 0.766. The van der Waals surface area contributed by atoms with Crippen molar-refractivity contribution in [2.75, 3.05) is 25.4 Å². The number of benzene rings is 1. The monoisotopic (exact) mass is 279 g/mol. The number of thioether (sulfide) groups is 1. The molecule has 2 nitrogen and oxygen atoms in total. The molecule has 1 aliphatic rings. The third-order valence-electron chi connectivity index (χ3n) is 3.86. The predicted octanol–water partition coefficient (Wildman–Crippen LogP) is 3.26. The van der Waals surface area contributed by atoms with Gasteiger partial charge in [-0.05, 0) is 36.9 Å². The zero-order valence-corrected chi connectivity index (χ0v) is 12.6. The Hall–Kier alpha value is -0.510. The fourth-order valence-electron chi connectivity index (χ4n) is 2.80. The van der Waals surface area contributed by atoms with Crippen LogP contribution < -0.4 is 5.32 Å². The third kappa shape index (κ3) is 4.23. The molecule has 106 valence electrons. The zero-order chi connectivity index (χ0) is 13.5. The molecule has 2 rings (SSSR count). The summed E-state index contributed by atoms with van der Waals surface area (Å²) in [6, 6.07) is 8.76. The van der Waals surface area contributed by atoms with Gasteiger partial charge in [0.05, 0.1) is 0 Å². The van der Waals surface area contributed by atoms with E-state index < -0.39 is 0 Å². The fourth-order valence-corrected chi connectivity index (χ4v) is 4.05. The van der Waals surface area contributed by atoms with Crippen LogP contribution in [0, 0.1) is 5.92 Å². The molecule has 0 saturated carbocycles. The van der Waals surface area contributed by atoms with Crippen molar-refractivity contribution in [3.63, 3.8) is 0 Å². The van der Waals surface area contributed by atoms with Crippen LogP contribution in [0.5, 0.6) is 0 Å². The molecule has 1 heterocycles. The molecule has 1 aliphatic heterocycles. The second-order valence-corrected chi connectivity index (χ2v) is 6.43. The highest BCUT2D eigenvalue weighted by Crippen LogP contribution is 2.38. The average molecular weight is 279 g/mol. The van der Waals surface area contributed by atoms with Gasteiger partial charge in [-0.2, -0.15) is 0 Å². The second-order valence-electron chi connectivity index (χ2n) is 5.37. The van der Waals surface area contributed by atoms with E-state index in [-0.39, 0.29) is 0 Å². The van der Waals surface area contributed by atoms with E-state index in [0.717, 1.165) is 19.5 Å². The van der Waals surface area contributed by atoms with E-state index in [9.17, 15) is 0 Å². The second kappa shape index (κ2) is 7.93. The van der Waals surface area contributed by atoms with Gasteiger partial charge in [0.25, 0.3) is 0 Å². The zero-order valence-electron chi connectivity index (χ0n) is 11.8. The van der Waals surface area contributed by atoms with Gasteiger partial charge >= 0.3 is 0 Å². The minimum Gasteiger partial charge on any atom is -0.396 e. The van der Waals surface area contributed by atoms with Gasteiger partial charge in [-0.3, -0.25) is 0 Å². The third-order valence-corrected chi connectivity index (χ3v) is 5.11. The van der Waals surface area contributed by atoms with Crippen LogP contribution in [-0.4, -0.2) is 30.6 Å². The van der Waals surface area contributed by atoms with E-state index in [1.54, 1.807) is 0 Å². The number of aliphatic hydroxyl groups is 1. The van der Waals surface area contributed by atoms with E-state index in [1.807, 2.05) is 11.8 Å². The van der Waals surface area contributed by atoms with Crippen LogP contribution in [0.25, 0.3) is 0 Å². The summed E-state index contributed by atoms with van der Waals surface area (Å²) in [6.07, 6.45) is 3.34. The maximum absolute atomic E-state index is 9.07. The van der Waals surface area contributed by atoms with Crippen LogP contribution >= 0.6 is 11.8 Å². The normalized spacial score (nSPS) is 19.4. The molecule has 2 N–H and O–H groups in total. The van der Waals surface area contributed by atoms with Gasteiger partial charge in [0, 0.05) is 29.7 Å². The molecule has 0 fully saturated rings. The Morgan fingerprint density at radius 3 is 3.00 bits per heavy atom. The molecule has 0 radical (unpaired) electrons. The summed E-state index contributed by atoms with van der Waals surface area (Å²) >= 11 is 1.98. The largest absolute Gasteiger partial charge is 0.396 e. The molecule has 3 heteroatoms. The Bertz CT molecular complexity index is 377. The Labute approximate surface area is 121 Å². The highest BCUT2D eigenvalue weighted by molar-refractivity contribution is 7.99. The molecular formula is C16H25NOS. The molecule has 0 aliphatic carbocycles. The number of hydrogen-bond acceptors (Lipinski definition) is 3. The van der Waals surface area contributed by atoms with Crippen molar-refractivity contribution in [1.29, 1.82) is 0 Å². The van der Waals surface area contributed by atoms with E-state index in [2.05, 4.69) is 36.5 Å². The number of rotatable bonds is 8. The van der Waals surface area contributed by atoms with Crippen LogP contribution in [0.15, 0.2) is 29.2 Å². The van der Waals surface area contributed by atoms with Crippen molar-refractivity contribution in [1.82, 2.24) is 5.32 Å². The maximum Gasteiger partial charge on any atom is 0.0434 e. The Kier molecular flexibility index (Phi) is 6.21. The number of hydrogen-bond donors (Lipinski definition) is 2. The first kappa shape index (κ1) is 14.9. The van der Waals surface area contributed by atoms with Gasteiger partial charge in [-0.15, -0.1) is 11.8 Å². The molecular weight excluding hydrogens is 254 g/mol. The molecule has 2 atom stereocenters. The highest BCUT2D eigenvalue weighted by Gasteiger charge is 2.22.